The quantitative estimate of drug-likeness (QED) is 0.645. The normalized spacial score (nSPS) is 26.2. The van der Waals surface area contributed by atoms with E-state index in [0.29, 0.717) is 6.54 Å². The number of aliphatic hydroxyl groups excluding tert-OH is 1. The molecule has 1 heterocycles. The molecule has 1 amide bonds. The Balaban J connectivity index is 2.25. The number of alkyl carbamates (subject to hydrolysis) is 1. The fourth-order valence-corrected chi connectivity index (χ4v) is 1.60. The maximum Gasteiger partial charge on any atom is 0.407 e. The van der Waals surface area contributed by atoms with Crippen LogP contribution in [0, 0.1) is 5.92 Å². The highest BCUT2D eigenvalue weighted by Gasteiger charge is 2.24. The number of hydrogen-bond donors (Lipinski definition) is 3. The molecule has 0 bridgehead atoms. The summed E-state index contributed by atoms with van der Waals surface area (Å²) in [6.07, 6.45) is -0.0801. The second-order valence-electron chi connectivity index (χ2n) is 5.29. The molecule has 0 saturated carbocycles. The Morgan fingerprint density at radius 3 is 2.81 bits per heavy atom. The van der Waals surface area contributed by atoms with E-state index in [-0.39, 0.29) is 24.2 Å². The molecule has 94 valence electrons. The van der Waals surface area contributed by atoms with Gasteiger partial charge in [0.05, 0.1) is 12.7 Å². The molecule has 0 aromatic heterocycles. The summed E-state index contributed by atoms with van der Waals surface area (Å²) in [7, 11) is 0. The highest BCUT2D eigenvalue weighted by Crippen LogP contribution is 2.11. The first-order chi connectivity index (χ1) is 7.38. The van der Waals surface area contributed by atoms with Gasteiger partial charge in [-0.2, -0.15) is 0 Å². The Kier molecular flexibility index (Phi) is 4.56. The number of aliphatic hydroxyl groups is 1. The minimum Gasteiger partial charge on any atom is -0.449 e. The summed E-state index contributed by atoms with van der Waals surface area (Å²) in [5, 5.41) is 15.5. The van der Waals surface area contributed by atoms with E-state index in [4.69, 9.17) is 4.74 Å². The van der Waals surface area contributed by atoms with Gasteiger partial charge >= 0.3 is 6.09 Å². The zero-order valence-electron chi connectivity index (χ0n) is 10.2. The fraction of sp³-hybridized carbons (Fsp3) is 0.909. The van der Waals surface area contributed by atoms with E-state index in [0.717, 1.165) is 13.0 Å². The monoisotopic (exact) mass is 230 g/mol. The predicted octanol–water partition coefficient (Wildman–Crippen LogP) is 0.481. The van der Waals surface area contributed by atoms with Crippen molar-refractivity contribution in [2.45, 2.75) is 38.8 Å². The topological polar surface area (TPSA) is 70.6 Å². The van der Waals surface area contributed by atoms with Gasteiger partial charge in [-0.05, 0) is 33.7 Å². The van der Waals surface area contributed by atoms with Crippen LogP contribution in [0.3, 0.4) is 0 Å². The number of nitrogens with one attached hydrogen (secondary N) is 2. The van der Waals surface area contributed by atoms with Gasteiger partial charge in [-0.1, -0.05) is 0 Å². The Hall–Kier alpha value is -0.810. The second-order valence-corrected chi connectivity index (χ2v) is 5.29. The Bertz CT molecular complexity index is 238. The van der Waals surface area contributed by atoms with Crippen molar-refractivity contribution in [2.75, 3.05) is 19.7 Å². The Morgan fingerprint density at radius 1 is 1.56 bits per heavy atom. The Morgan fingerprint density at radius 2 is 2.25 bits per heavy atom. The number of carbonyl (C=O) groups excluding carboxylic acids is 1. The van der Waals surface area contributed by atoms with Crippen LogP contribution in [0.5, 0.6) is 0 Å². The molecule has 2 atom stereocenters. The maximum atomic E-state index is 11.4. The van der Waals surface area contributed by atoms with Gasteiger partial charge in [0, 0.05) is 18.0 Å². The fourth-order valence-electron chi connectivity index (χ4n) is 1.60. The number of piperidine rings is 1. The van der Waals surface area contributed by atoms with E-state index in [1.54, 1.807) is 0 Å². The average Bonchev–Trinajstić information content (AvgIpc) is 2.14. The molecular weight excluding hydrogens is 208 g/mol. The maximum absolute atomic E-state index is 11.4. The van der Waals surface area contributed by atoms with E-state index >= 15 is 0 Å². The molecule has 5 nitrogen and oxygen atoms in total. The van der Waals surface area contributed by atoms with Gasteiger partial charge in [-0.3, -0.25) is 0 Å². The van der Waals surface area contributed by atoms with E-state index in [1.165, 1.54) is 0 Å². The molecule has 1 rings (SSSR count). The third-order valence-electron chi connectivity index (χ3n) is 2.47. The lowest BCUT2D eigenvalue weighted by Crippen LogP contribution is -2.45. The molecule has 5 heteroatoms. The predicted molar refractivity (Wildman–Crippen MR) is 61.2 cm³/mol. The second kappa shape index (κ2) is 5.50. The number of amides is 1. The van der Waals surface area contributed by atoms with Crippen LogP contribution in [-0.2, 0) is 4.74 Å². The molecule has 0 spiro atoms. The van der Waals surface area contributed by atoms with Crippen molar-refractivity contribution in [1.29, 1.82) is 0 Å². The number of rotatable bonds is 2. The van der Waals surface area contributed by atoms with Crippen LogP contribution in [0.1, 0.15) is 27.2 Å². The standard InChI is InChI=1S/C11H22N2O3/c1-11(2,3)13-10(15)16-7-8-6-12-5-4-9(8)14/h8-9,12,14H,4-7H2,1-3H3,(H,13,15). The van der Waals surface area contributed by atoms with Gasteiger partial charge in [0.2, 0.25) is 0 Å². The van der Waals surface area contributed by atoms with Gasteiger partial charge in [0.15, 0.2) is 0 Å². The Labute approximate surface area is 96.6 Å². The van der Waals surface area contributed by atoms with E-state index < -0.39 is 6.09 Å². The highest BCUT2D eigenvalue weighted by atomic mass is 16.5. The van der Waals surface area contributed by atoms with Crippen molar-refractivity contribution < 1.29 is 14.6 Å². The first-order valence-corrected chi connectivity index (χ1v) is 5.72. The number of carbonyl (C=O) groups is 1. The molecule has 1 saturated heterocycles. The van der Waals surface area contributed by atoms with E-state index in [1.807, 2.05) is 20.8 Å². The molecule has 1 aliphatic rings. The van der Waals surface area contributed by atoms with Crippen molar-refractivity contribution in [2.24, 2.45) is 5.92 Å². The van der Waals surface area contributed by atoms with Crippen LogP contribution in [-0.4, -0.2) is 42.5 Å². The van der Waals surface area contributed by atoms with E-state index in [9.17, 15) is 9.90 Å². The smallest absolute Gasteiger partial charge is 0.407 e. The molecule has 16 heavy (non-hydrogen) atoms. The SMILES string of the molecule is CC(C)(C)NC(=O)OCC1CNCCC1O. The van der Waals surface area contributed by atoms with Crippen molar-refractivity contribution in [1.82, 2.24) is 10.6 Å². The first kappa shape index (κ1) is 13.3. The van der Waals surface area contributed by atoms with Crippen molar-refractivity contribution in [3.63, 3.8) is 0 Å². The lowest BCUT2D eigenvalue weighted by Gasteiger charge is -2.28. The summed E-state index contributed by atoms with van der Waals surface area (Å²) in [5.74, 6) is -0.000492. The summed E-state index contributed by atoms with van der Waals surface area (Å²) in [4.78, 5) is 11.4. The third kappa shape index (κ3) is 4.81. The lowest BCUT2D eigenvalue weighted by atomic mass is 9.97. The van der Waals surface area contributed by atoms with Crippen LogP contribution in [0.25, 0.3) is 0 Å². The molecule has 0 aliphatic carbocycles. The zero-order valence-corrected chi connectivity index (χ0v) is 10.2. The lowest BCUT2D eigenvalue weighted by molar-refractivity contribution is 0.0332. The van der Waals surface area contributed by atoms with E-state index in [2.05, 4.69) is 10.6 Å². The number of ether oxygens (including phenoxy) is 1. The van der Waals surface area contributed by atoms with Gasteiger partial charge in [0.1, 0.15) is 0 Å². The van der Waals surface area contributed by atoms with Gasteiger partial charge < -0.3 is 20.5 Å². The molecule has 1 fully saturated rings. The van der Waals surface area contributed by atoms with Gasteiger partial charge in [-0.25, -0.2) is 4.79 Å². The summed E-state index contributed by atoms with van der Waals surface area (Å²) in [6, 6.07) is 0. The molecule has 2 unspecified atom stereocenters. The third-order valence-corrected chi connectivity index (χ3v) is 2.47. The summed E-state index contributed by atoms with van der Waals surface area (Å²) < 4.78 is 5.08. The van der Waals surface area contributed by atoms with Crippen molar-refractivity contribution in [3.05, 3.63) is 0 Å². The minimum absolute atomic E-state index is 0.000492. The minimum atomic E-state index is -0.426. The van der Waals surface area contributed by atoms with Crippen LogP contribution in [0.2, 0.25) is 0 Å². The molecule has 1 aliphatic heterocycles. The zero-order chi connectivity index (χ0) is 12.2. The first-order valence-electron chi connectivity index (χ1n) is 5.72. The molecule has 0 aromatic carbocycles. The van der Waals surface area contributed by atoms with Gasteiger partial charge in [-0.15, -0.1) is 0 Å². The highest BCUT2D eigenvalue weighted by molar-refractivity contribution is 5.68. The largest absolute Gasteiger partial charge is 0.449 e. The molecule has 3 N–H and O–H groups in total. The summed E-state index contributed by atoms with van der Waals surface area (Å²) in [5.41, 5.74) is -0.291. The van der Waals surface area contributed by atoms with Crippen molar-refractivity contribution >= 4 is 6.09 Å². The van der Waals surface area contributed by atoms with Crippen molar-refractivity contribution in [3.8, 4) is 0 Å². The van der Waals surface area contributed by atoms with Crippen LogP contribution >= 0.6 is 0 Å². The summed E-state index contributed by atoms with van der Waals surface area (Å²) >= 11 is 0. The average molecular weight is 230 g/mol. The summed E-state index contributed by atoms with van der Waals surface area (Å²) in [6.45, 7) is 7.47. The van der Waals surface area contributed by atoms with Crippen LogP contribution in [0.15, 0.2) is 0 Å². The van der Waals surface area contributed by atoms with Crippen LogP contribution < -0.4 is 10.6 Å². The molecule has 0 radical (unpaired) electrons. The molecular formula is C11H22N2O3. The van der Waals surface area contributed by atoms with Gasteiger partial charge in [0.25, 0.3) is 0 Å². The number of hydrogen-bond acceptors (Lipinski definition) is 4. The van der Waals surface area contributed by atoms with Crippen LogP contribution in [0.4, 0.5) is 4.79 Å². The molecule has 0 aromatic rings.